The summed E-state index contributed by atoms with van der Waals surface area (Å²) in [5.74, 6) is 0.751. The number of likely N-dealkylation sites (tertiary alicyclic amines) is 1. The van der Waals surface area contributed by atoms with Crippen molar-refractivity contribution in [2.75, 3.05) is 19.3 Å². The van der Waals surface area contributed by atoms with E-state index in [9.17, 15) is 8.42 Å². The Morgan fingerprint density at radius 2 is 1.59 bits per heavy atom. The molecule has 0 aliphatic carbocycles. The van der Waals surface area contributed by atoms with Crippen molar-refractivity contribution in [3.63, 3.8) is 0 Å². The standard InChI is InChI=1S/C27H33FN4O2S.2ClH/c1-31-26-15-23(17-9-11-32(12-10-17)21-13-19-5-6-20(14-21)29-19)24(28)16-25(26)30-27(31)18-3-7-22(8-4-18)35(2,33)34;;/h3-4,7-8,15-17,19-21,29H,5-6,9-14H2,1-2H3;2*1H. The summed E-state index contributed by atoms with van der Waals surface area (Å²) < 4.78 is 40.8. The summed E-state index contributed by atoms with van der Waals surface area (Å²) in [5, 5.41) is 3.74. The van der Waals surface area contributed by atoms with Gasteiger partial charge in [-0.2, -0.15) is 0 Å². The van der Waals surface area contributed by atoms with Crippen LogP contribution in [0.1, 0.15) is 50.0 Å². The van der Waals surface area contributed by atoms with Crippen molar-refractivity contribution in [3.8, 4) is 11.4 Å². The monoisotopic (exact) mass is 568 g/mol. The van der Waals surface area contributed by atoms with Crippen LogP contribution in [0, 0.1) is 5.82 Å². The molecular formula is C27H35Cl2FN4O2S. The van der Waals surface area contributed by atoms with Gasteiger partial charge in [-0.3, -0.25) is 0 Å². The molecule has 2 unspecified atom stereocenters. The molecule has 4 heterocycles. The van der Waals surface area contributed by atoms with Crippen LogP contribution in [-0.4, -0.2) is 60.3 Å². The van der Waals surface area contributed by atoms with E-state index in [-0.39, 0.29) is 41.4 Å². The Kier molecular flexibility index (Phi) is 8.27. The molecule has 2 atom stereocenters. The Bertz CT molecular complexity index is 1360. The molecule has 3 fully saturated rings. The molecule has 3 aliphatic heterocycles. The van der Waals surface area contributed by atoms with Crippen molar-refractivity contribution in [2.45, 2.75) is 67.5 Å². The molecule has 10 heteroatoms. The molecule has 3 aliphatic rings. The Hall–Kier alpha value is -1.71. The quantitative estimate of drug-likeness (QED) is 0.475. The third-order valence-corrected chi connectivity index (χ3v) is 9.60. The van der Waals surface area contributed by atoms with Gasteiger partial charge in [-0.05, 0) is 93.4 Å². The van der Waals surface area contributed by atoms with Crippen LogP contribution in [0.2, 0.25) is 0 Å². The summed E-state index contributed by atoms with van der Waals surface area (Å²) in [6.45, 7) is 2.07. The number of nitrogens with one attached hydrogen (secondary N) is 1. The number of aromatic nitrogens is 2. The molecule has 1 N–H and O–H groups in total. The highest BCUT2D eigenvalue weighted by atomic mass is 35.5. The van der Waals surface area contributed by atoms with Crippen molar-refractivity contribution < 1.29 is 12.8 Å². The molecule has 0 radical (unpaired) electrons. The number of aryl methyl sites for hydroxylation is 1. The predicted molar refractivity (Wildman–Crippen MR) is 150 cm³/mol. The Morgan fingerprint density at radius 3 is 2.19 bits per heavy atom. The lowest BCUT2D eigenvalue weighted by Crippen LogP contribution is -2.50. The number of sulfone groups is 1. The van der Waals surface area contributed by atoms with Crippen LogP contribution >= 0.6 is 24.8 Å². The zero-order chi connectivity index (χ0) is 24.3. The molecule has 202 valence electrons. The van der Waals surface area contributed by atoms with Gasteiger partial charge in [0.15, 0.2) is 9.84 Å². The van der Waals surface area contributed by atoms with Gasteiger partial charge in [-0.25, -0.2) is 17.8 Å². The van der Waals surface area contributed by atoms with Crippen LogP contribution in [0.25, 0.3) is 22.4 Å². The maximum atomic E-state index is 15.3. The smallest absolute Gasteiger partial charge is 0.175 e. The average molecular weight is 570 g/mol. The fourth-order valence-electron chi connectivity index (χ4n) is 6.55. The van der Waals surface area contributed by atoms with Crippen LogP contribution in [-0.2, 0) is 16.9 Å². The maximum absolute atomic E-state index is 15.3. The first-order valence-electron chi connectivity index (χ1n) is 12.7. The van der Waals surface area contributed by atoms with E-state index in [4.69, 9.17) is 0 Å². The van der Waals surface area contributed by atoms with Crippen molar-refractivity contribution >= 4 is 45.7 Å². The third-order valence-electron chi connectivity index (χ3n) is 8.47. The minimum Gasteiger partial charge on any atom is -0.327 e. The first-order valence-corrected chi connectivity index (χ1v) is 14.6. The molecule has 0 amide bonds. The summed E-state index contributed by atoms with van der Waals surface area (Å²) in [7, 11) is -1.32. The van der Waals surface area contributed by atoms with E-state index in [1.54, 1.807) is 30.3 Å². The summed E-state index contributed by atoms with van der Waals surface area (Å²) in [6, 6.07) is 12.3. The number of fused-ring (bicyclic) bond motifs is 3. The lowest BCUT2D eigenvalue weighted by molar-refractivity contribution is 0.110. The van der Waals surface area contributed by atoms with Gasteiger partial charge in [0, 0.05) is 43.1 Å². The van der Waals surface area contributed by atoms with Crippen molar-refractivity contribution in [2.24, 2.45) is 7.05 Å². The van der Waals surface area contributed by atoms with Gasteiger partial charge in [0.2, 0.25) is 0 Å². The highest BCUT2D eigenvalue weighted by molar-refractivity contribution is 7.90. The van der Waals surface area contributed by atoms with E-state index in [2.05, 4.69) is 15.2 Å². The topological polar surface area (TPSA) is 67.2 Å². The molecule has 6 rings (SSSR count). The number of rotatable bonds is 4. The SMILES string of the molecule is Cl.Cl.Cn1c(-c2ccc(S(C)(=O)=O)cc2)nc2cc(F)c(C3CCN(C4CC5CCC(C4)N5)CC3)cc21. The Balaban J connectivity index is 0.00000160. The fourth-order valence-corrected chi connectivity index (χ4v) is 7.18. The molecule has 6 nitrogen and oxygen atoms in total. The molecule has 3 aromatic rings. The summed E-state index contributed by atoms with van der Waals surface area (Å²) in [4.78, 5) is 7.60. The first kappa shape index (κ1) is 28.3. The molecule has 1 aromatic heterocycles. The first-order chi connectivity index (χ1) is 16.8. The summed E-state index contributed by atoms with van der Waals surface area (Å²) in [6.07, 6.45) is 8.31. The fraction of sp³-hybridized carbons (Fsp3) is 0.519. The zero-order valence-corrected chi connectivity index (χ0v) is 23.6. The highest BCUT2D eigenvalue weighted by Crippen LogP contribution is 2.37. The molecule has 2 bridgehead atoms. The van der Waals surface area contributed by atoms with Gasteiger partial charge in [-0.15, -0.1) is 24.8 Å². The van der Waals surface area contributed by atoms with E-state index >= 15 is 4.39 Å². The number of hydrogen-bond acceptors (Lipinski definition) is 5. The van der Waals surface area contributed by atoms with E-state index in [1.807, 2.05) is 17.7 Å². The van der Waals surface area contributed by atoms with Crippen LogP contribution in [0.3, 0.4) is 0 Å². The van der Waals surface area contributed by atoms with Gasteiger partial charge in [0.05, 0.1) is 15.9 Å². The minimum absolute atomic E-state index is 0. The van der Waals surface area contributed by atoms with E-state index < -0.39 is 9.84 Å². The third kappa shape index (κ3) is 5.41. The van der Waals surface area contributed by atoms with Crippen LogP contribution in [0.4, 0.5) is 4.39 Å². The molecule has 37 heavy (non-hydrogen) atoms. The Labute approximate surface area is 230 Å². The van der Waals surface area contributed by atoms with Crippen LogP contribution < -0.4 is 5.32 Å². The van der Waals surface area contributed by atoms with Crippen LogP contribution in [0.5, 0.6) is 0 Å². The molecule has 0 spiro atoms. The molecular weight excluding hydrogens is 534 g/mol. The van der Waals surface area contributed by atoms with Crippen molar-refractivity contribution in [1.29, 1.82) is 0 Å². The lowest BCUT2D eigenvalue weighted by Gasteiger charge is -2.41. The van der Waals surface area contributed by atoms with Gasteiger partial charge in [0.1, 0.15) is 11.6 Å². The highest BCUT2D eigenvalue weighted by Gasteiger charge is 2.37. The van der Waals surface area contributed by atoms with Gasteiger partial charge >= 0.3 is 0 Å². The number of benzene rings is 2. The maximum Gasteiger partial charge on any atom is 0.175 e. The second-order valence-corrected chi connectivity index (χ2v) is 12.7. The van der Waals surface area contributed by atoms with Crippen molar-refractivity contribution in [1.82, 2.24) is 19.8 Å². The van der Waals surface area contributed by atoms with Crippen LogP contribution in [0.15, 0.2) is 41.3 Å². The summed E-state index contributed by atoms with van der Waals surface area (Å²) >= 11 is 0. The van der Waals surface area contributed by atoms with Gasteiger partial charge < -0.3 is 14.8 Å². The molecule has 3 saturated heterocycles. The van der Waals surface area contributed by atoms with E-state index in [0.717, 1.165) is 42.6 Å². The normalized spacial score (nSPS) is 24.6. The number of nitrogens with zero attached hydrogens (tertiary/aromatic N) is 3. The van der Waals surface area contributed by atoms with Crippen molar-refractivity contribution in [3.05, 3.63) is 47.8 Å². The molecule has 0 saturated carbocycles. The van der Waals surface area contributed by atoms with Gasteiger partial charge in [0.25, 0.3) is 0 Å². The predicted octanol–water partition coefficient (Wildman–Crippen LogP) is 5.09. The number of imidazole rings is 1. The second kappa shape index (κ2) is 10.8. The number of piperidine rings is 2. The lowest BCUT2D eigenvalue weighted by atomic mass is 9.87. The minimum atomic E-state index is -3.26. The van der Waals surface area contributed by atoms with E-state index in [0.29, 0.717) is 29.5 Å². The summed E-state index contributed by atoms with van der Waals surface area (Å²) in [5.41, 5.74) is 3.13. The number of halogens is 3. The second-order valence-electron chi connectivity index (χ2n) is 10.7. The van der Waals surface area contributed by atoms with Gasteiger partial charge in [-0.1, -0.05) is 0 Å². The zero-order valence-electron chi connectivity index (χ0n) is 21.2. The largest absolute Gasteiger partial charge is 0.327 e. The van der Waals surface area contributed by atoms with E-state index in [1.165, 1.54) is 31.9 Å². The average Bonchev–Trinajstić information content (AvgIpc) is 3.35. The number of hydrogen-bond donors (Lipinski definition) is 1. The molecule has 2 aromatic carbocycles. The Morgan fingerprint density at radius 1 is 0.973 bits per heavy atom.